The first-order valence-corrected chi connectivity index (χ1v) is 6.00. The second-order valence-corrected chi connectivity index (χ2v) is 4.60. The van der Waals surface area contributed by atoms with E-state index < -0.39 is 6.04 Å². The van der Waals surface area contributed by atoms with Crippen LogP contribution in [0.15, 0.2) is 0 Å². The van der Waals surface area contributed by atoms with E-state index in [4.69, 9.17) is 5.73 Å². The Hall–Kier alpha value is -1.10. The zero-order valence-corrected chi connectivity index (χ0v) is 9.52. The number of rotatable bonds is 2. The van der Waals surface area contributed by atoms with E-state index in [1.165, 1.54) is 6.42 Å². The van der Waals surface area contributed by atoms with Crippen LogP contribution < -0.4 is 5.73 Å². The van der Waals surface area contributed by atoms with Gasteiger partial charge < -0.3 is 15.5 Å². The number of nitrogens with two attached hydrogens (primary N) is 1. The molecule has 16 heavy (non-hydrogen) atoms. The van der Waals surface area contributed by atoms with E-state index in [0.29, 0.717) is 13.0 Å². The molecule has 2 fully saturated rings. The molecule has 2 aliphatic heterocycles. The van der Waals surface area contributed by atoms with E-state index in [-0.39, 0.29) is 18.4 Å². The Morgan fingerprint density at radius 1 is 1.25 bits per heavy atom. The molecule has 2 N–H and O–H groups in total. The van der Waals surface area contributed by atoms with Gasteiger partial charge in [0.25, 0.3) is 0 Å². The summed E-state index contributed by atoms with van der Waals surface area (Å²) in [4.78, 5) is 26.9. The van der Waals surface area contributed by atoms with Crippen LogP contribution in [0, 0.1) is 0 Å². The van der Waals surface area contributed by atoms with E-state index in [1.54, 1.807) is 4.90 Å². The summed E-state index contributed by atoms with van der Waals surface area (Å²) in [5.41, 5.74) is 5.61. The van der Waals surface area contributed by atoms with Gasteiger partial charge in [-0.3, -0.25) is 9.59 Å². The zero-order valence-electron chi connectivity index (χ0n) is 9.52. The maximum Gasteiger partial charge on any atom is 0.242 e. The van der Waals surface area contributed by atoms with Crippen molar-refractivity contribution in [2.75, 3.05) is 26.2 Å². The van der Waals surface area contributed by atoms with E-state index in [1.807, 2.05) is 4.90 Å². The van der Waals surface area contributed by atoms with Gasteiger partial charge in [-0.15, -0.1) is 0 Å². The van der Waals surface area contributed by atoms with Crippen molar-refractivity contribution in [1.29, 1.82) is 0 Å². The lowest BCUT2D eigenvalue weighted by atomic mass is 10.1. The molecule has 0 aliphatic carbocycles. The molecule has 0 aromatic heterocycles. The van der Waals surface area contributed by atoms with Crippen molar-refractivity contribution in [2.24, 2.45) is 5.73 Å². The summed E-state index contributed by atoms with van der Waals surface area (Å²) < 4.78 is 0. The van der Waals surface area contributed by atoms with E-state index in [0.717, 1.165) is 25.9 Å². The van der Waals surface area contributed by atoms with Crippen LogP contribution in [-0.4, -0.2) is 53.8 Å². The molecule has 0 radical (unpaired) electrons. The monoisotopic (exact) mass is 225 g/mol. The van der Waals surface area contributed by atoms with E-state index in [9.17, 15) is 9.59 Å². The predicted molar refractivity (Wildman–Crippen MR) is 59.6 cm³/mol. The average Bonchev–Trinajstić information content (AvgIpc) is 2.62. The number of nitrogens with zero attached hydrogens (tertiary/aromatic N) is 2. The minimum Gasteiger partial charge on any atom is -0.341 e. The fourth-order valence-corrected chi connectivity index (χ4v) is 2.33. The molecule has 0 saturated carbocycles. The van der Waals surface area contributed by atoms with Gasteiger partial charge in [0.15, 0.2) is 0 Å². The topological polar surface area (TPSA) is 66.6 Å². The van der Waals surface area contributed by atoms with Gasteiger partial charge in [-0.1, -0.05) is 0 Å². The van der Waals surface area contributed by atoms with Gasteiger partial charge in [-0.2, -0.15) is 0 Å². The van der Waals surface area contributed by atoms with Gasteiger partial charge in [0, 0.05) is 19.6 Å². The first kappa shape index (κ1) is 11.4. The van der Waals surface area contributed by atoms with Crippen LogP contribution >= 0.6 is 0 Å². The molecule has 1 atom stereocenters. The number of carbonyl (C=O) groups excluding carboxylic acids is 2. The van der Waals surface area contributed by atoms with Crippen LogP contribution in [0.3, 0.4) is 0 Å². The van der Waals surface area contributed by atoms with Crippen LogP contribution in [0.25, 0.3) is 0 Å². The SMILES string of the molecule is N[C@H]1CCN(CC(=O)N2CCCCC2)C1=O. The largest absolute Gasteiger partial charge is 0.341 e. The first-order chi connectivity index (χ1) is 7.68. The molecule has 90 valence electrons. The van der Waals surface area contributed by atoms with Crippen molar-refractivity contribution < 1.29 is 9.59 Å². The molecule has 0 aromatic carbocycles. The molecule has 0 spiro atoms. The molecule has 5 nitrogen and oxygen atoms in total. The third-order valence-electron chi connectivity index (χ3n) is 3.37. The van der Waals surface area contributed by atoms with Gasteiger partial charge in [-0.05, 0) is 25.7 Å². The standard InChI is InChI=1S/C11H19N3O2/c12-9-4-7-14(11(9)16)8-10(15)13-5-2-1-3-6-13/h9H,1-8,12H2/t9-/m0/s1. The number of hydrogen-bond acceptors (Lipinski definition) is 3. The Kier molecular flexibility index (Phi) is 3.43. The minimum atomic E-state index is -0.394. The second-order valence-electron chi connectivity index (χ2n) is 4.60. The lowest BCUT2D eigenvalue weighted by Crippen LogP contribution is -2.44. The summed E-state index contributed by atoms with van der Waals surface area (Å²) in [6, 6.07) is -0.394. The molecular formula is C11H19N3O2. The Labute approximate surface area is 95.6 Å². The fourth-order valence-electron chi connectivity index (χ4n) is 2.33. The van der Waals surface area contributed by atoms with Gasteiger partial charge in [0.05, 0.1) is 12.6 Å². The molecule has 0 aromatic rings. The van der Waals surface area contributed by atoms with Crippen molar-refractivity contribution in [3.63, 3.8) is 0 Å². The second kappa shape index (κ2) is 4.82. The number of piperidine rings is 1. The highest BCUT2D eigenvalue weighted by Crippen LogP contribution is 2.12. The number of likely N-dealkylation sites (tertiary alicyclic amines) is 2. The molecule has 2 heterocycles. The Morgan fingerprint density at radius 2 is 1.94 bits per heavy atom. The molecule has 0 unspecified atom stereocenters. The molecule has 2 saturated heterocycles. The van der Waals surface area contributed by atoms with Crippen molar-refractivity contribution in [2.45, 2.75) is 31.7 Å². The summed E-state index contributed by atoms with van der Waals surface area (Å²) in [5, 5.41) is 0. The zero-order chi connectivity index (χ0) is 11.5. The quantitative estimate of drug-likeness (QED) is 0.692. The Balaban J connectivity index is 1.84. The molecule has 2 amide bonds. The van der Waals surface area contributed by atoms with Crippen molar-refractivity contribution >= 4 is 11.8 Å². The maximum absolute atomic E-state index is 11.9. The lowest BCUT2D eigenvalue weighted by molar-refractivity contribution is -0.139. The highest BCUT2D eigenvalue weighted by molar-refractivity contribution is 5.88. The minimum absolute atomic E-state index is 0.0714. The summed E-state index contributed by atoms with van der Waals surface area (Å²) in [6.07, 6.45) is 4.04. The van der Waals surface area contributed by atoms with Crippen LogP contribution in [0.1, 0.15) is 25.7 Å². The summed E-state index contributed by atoms with van der Waals surface area (Å²) >= 11 is 0. The summed E-state index contributed by atoms with van der Waals surface area (Å²) in [5.74, 6) is -0.00694. The van der Waals surface area contributed by atoms with Gasteiger partial charge >= 0.3 is 0 Å². The molecular weight excluding hydrogens is 206 g/mol. The summed E-state index contributed by atoms with van der Waals surface area (Å²) in [6.45, 7) is 2.52. The van der Waals surface area contributed by atoms with Gasteiger partial charge in [-0.25, -0.2) is 0 Å². The first-order valence-electron chi connectivity index (χ1n) is 6.00. The fraction of sp³-hybridized carbons (Fsp3) is 0.818. The van der Waals surface area contributed by atoms with Crippen LogP contribution in [0.5, 0.6) is 0 Å². The van der Waals surface area contributed by atoms with Crippen molar-refractivity contribution in [1.82, 2.24) is 9.80 Å². The van der Waals surface area contributed by atoms with Crippen molar-refractivity contribution in [3.05, 3.63) is 0 Å². The Bertz CT molecular complexity index is 287. The smallest absolute Gasteiger partial charge is 0.242 e. The van der Waals surface area contributed by atoms with Crippen molar-refractivity contribution in [3.8, 4) is 0 Å². The highest BCUT2D eigenvalue weighted by Gasteiger charge is 2.31. The Morgan fingerprint density at radius 3 is 2.50 bits per heavy atom. The van der Waals surface area contributed by atoms with Crippen LogP contribution in [0.4, 0.5) is 0 Å². The molecule has 2 rings (SSSR count). The van der Waals surface area contributed by atoms with Gasteiger partial charge in [0.1, 0.15) is 0 Å². The number of hydrogen-bond donors (Lipinski definition) is 1. The van der Waals surface area contributed by atoms with Crippen LogP contribution in [0.2, 0.25) is 0 Å². The number of carbonyl (C=O) groups is 2. The number of amides is 2. The maximum atomic E-state index is 11.9. The van der Waals surface area contributed by atoms with E-state index >= 15 is 0 Å². The average molecular weight is 225 g/mol. The normalized spacial score (nSPS) is 26.3. The predicted octanol–water partition coefficient (Wildman–Crippen LogP) is -0.441. The summed E-state index contributed by atoms with van der Waals surface area (Å²) in [7, 11) is 0. The molecule has 5 heteroatoms. The highest BCUT2D eigenvalue weighted by atomic mass is 16.2. The molecule has 2 aliphatic rings. The van der Waals surface area contributed by atoms with E-state index in [2.05, 4.69) is 0 Å². The third kappa shape index (κ3) is 2.35. The van der Waals surface area contributed by atoms with Crippen LogP contribution in [-0.2, 0) is 9.59 Å². The van der Waals surface area contributed by atoms with Gasteiger partial charge in [0.2, 0.25) is 11.8 Å². The molecule has 0 bridgehead atoms. The lowest BCUT2D eigenvalue weighted by Gasteiger charge is -2.28. The third-order valence-corrected chi connectivity index (χ3v) is 3.37.